The summed E-state index contributed by atoms with van der Waals surface area (Å²) in [6.07, 6.45) is 4.26. The Balaban J connectivity index is 0.867. The summed E-state index contributed by atoms with van der Waals surface area (Å²) in [6, 6.07) is 19.7. The lowest BCUT2D eigenvalue weighted by atomic mass is 9.89. The van der Waals surface area contributed by atoms with E-state index < -0.39 is 6.04 Å². The number of aromatic nitrogens is 2. The van der Waals surface area contributed by atoms with Crippen molar-refractivity contribution in [2.45, 2.75) is 37.6 Å². The number of rotatable bonds is 11. The molecule has 0 bridgehead atoms. The number of benzene rings is 3. The van der Waals surface area contributed by atoms with Gasteiger partial charge in [-0.05, 0) is 86.3 Å². The first-order chi connectivity index (χ1) is 26.2. The predicted octanol–water partition coefficient (Wildman–Crippen LogP) is 5.51. The Morgan fingerprint density at radius 2 is 1.72 bits per heavy atom. The number of piperazine rings is 1. The molecule has 3 aromatic carbocycles. The minimum atomic E-state index is -0.401. The third kappa shape index (κ3) is 9.00. The summed E-state index contributed by atoms with van der Waals surface area (Å²) >= 11 is 6.31. The molecule has 4 N–H and O–H groups in total. The summed E-state index contributed by atoms with van der Waals surface area (Å²) in [5, 5.41) is 12.1. The highest BCUT2D eigenvalue weighted by Gasteiger charge is 2.28. The van der Waals surface area contributed by atoms with E-state index in [1.165, 1.54) is 23.9 Å². The molecule has 0 radical (unpaired) electrons. The molecule has 15 heteroatoms. The topological polar surface area (TPSA) is 144 Å². The van der Waals surface area contributed by atoms with Crippen LogP contribution in [-0.4, -0.2) is 96.5 Å². The number of carbonyl (C=O) groups excluding carboxylic acids is 3. The molecule has 4 aromatic rings. The number of hydrogen-bond donors (Lipinski definition) is 4. The van der Waals surface area contributed by atoms with Crippen molar-refractivity contribution in [1.82, 2.24) is 25.1 Å². The van der Waals surface area contributed by atoms with Gasteiger partial charge in [-0.3, -0.25) is 24.6 Å². The zero-order chi connectivity index (χ0) is 37.6. The number of hydrogen-bond acceptors (Lipinski definition) is 11. The van der Waals surface area contributed by atoms with Crippen LogP contribution in [0.3, 0.4) is 0 Å². The molecule has 282 valence electrons. The first-order valence-electron chi connectivity index (χ1n) is 18.2. The minimum Gasteiger partial charge on any atom is -0.494 e. The summed E-state index contributed by atoms with van der Waals surface area (Å²) in [7, 11) is 1.60. The highest BCUT2D eigenvalue weighted by molar-refractivity contribution is 6.32. The number of nitrogens with one attached hydrogen (secondary N) is 4. The predicted molar refractivity (Wildman–Crippen MR) is 206 cm³/mol. The number of anilines is 6. The minimum absolute atomic E-state index is 0.156. The Morgan fingerprint density at radius 1 is 0.944 bits per heavy atom. The number of nitrogens with zero attached hydrogens (tertiary/aromatic N) is 5. The lowest BCUT2D eigenvalue weighted by Crippen LogP contribution is -2.51. The smallest absolute Gasteiger partial charge is 0.249 e. The van der Waals surface area contributed by atoms with E-state index in [-0.39, 0.29) is 34.5 Å². The van der Waals surface area contributed by atoms with E-state index in [1.807, 2.05) is 35.2 Å². The molecule has 3 saturated heterocycles. The highest BCUT2D eigenvalue weighted by Crippen LogP contribution is 2.34. The summed E-state index contributed by atoms with van der Waals surface area (Å²) in [5.41, 5.74) is 4.28. The second kappa shape index (κ2) is 16.7. The van der Waals surface area contributed by atoms with Gasteiger partial charge < -0.3 is 30.5 Å². The molecule has 3 aliphatic heterocycles. The third-order valence-electron chi connectivity index (χ3n) is 10.2. The van der Waals surface area contributed by atoms with Crippen molar-refractivity contribution in [2.75, 3.05) is 73.8 Å². The van der Waals surface area contributed by atoms with Crippen LogP contribution in [0.2, 0.25) is 5.02 Å². The molecule has 7 rings (SSSR count). The number of halogens is 2. The third-order valence-corrected chi connectivity index (χ3v) is 10.4. The van der Waals surface area contributed by atoms with Gasteiger partial charge in [-0.2, -0.15) is 4.98 Å². The molecule has 0 spiro atoms. The number of likely N-dealkylation sites (tertiary alicyclic amines) is 1. The van der Waals surface area contributed by atoms with E-state index in [4.69, 9.17) is 16.3 Å². The standard InChI is InChI=1S/C39H43ClFN9O4/c1-54-34-22-30(9-10-32(34)45-39-42-23-31(40)37(47-39)44-29-4-2-3-27(41)21-29)49-17-19-50(20-18-49)36(52)24-48-15-13-26(14-16-48)25-5-7-28(8-6-25)43-33-11-12-35(51)46-38(33)53/h2-10,21-23,26,33,43H,11-20,24H2,1H3,(H,46,51,53)(H2,42,44,45,47). The van der Waals surface area contributed by atoms with E-state index >= 15 is 0 Å². The second-order valence-electron chi connectivity index (χ2n) is 13.7. The van der Waals surface area contributed by atoms with E-state index in [0.29, 0.717) is 74.4 Å². The molecule has 0 aliphatic carbocycles. The molecular formula is C39H43ClFN9O4. The van der Waals surface area contributed by atoms with Gasteiger partial charge in [0.1, 0.15) is 22.6 Å². The van der Waals surface area contributed by atoms with Crippen molar-refractivity contribution in [3.8, 4) is 5.75 Å². The van der Waals surface area contributed by atoms with E-state index in [9.17, 15) is 18.8 Å². The van der Waals surface area contributed by atoms with Gasteiger partial charge in [0.15, 0.2) is 5.82 Å². The van der Waals surface area contributed by atoms with Gasteiger partial charge in [0.05, 0.1) is 25.5 Å². The van der Waals surface area contributed by atoms with Crippen molar-refractivity contribution in [3.05, 3.63) is 89.3 Å². The van der Waals surface area contributed by atoms with Gasteiger partial charge >= 0.3 is 0 Å². The fraction of sp³-hybridized carbons (Fsp3) is 0.359. The Bertz CT molecular complexity index is 1990. The number of methoxy groups -OCH3 is 1. The van der Waals surface area contributed by atoms with Gasteiger partial charge in [0.2, 0.25) is 23.7 Å². The number of piperidine rings is 2. The molecule has 3 aliphatic rings. The lowest BCUT2D eigenvalue weighted by Gasteiger charge is -2.38. The van der Waals surface area contributed by atoms with Crippen molar-refractivity contribution >= 4 is 63.8 Å². The van der Waals surface area contributed by atoms with Crippen LogP contribution in [0.25, 0.3) is 0 Å². The molecular weight excluding hydrogens is 713 g/mol. The quantitative estimate of drug-likeness (QED) is 0.144. The SMILES string of the molecule is COc1cc(N2CCN(C(=O)CN3CCC(c4ccc(NC5CCC(=O)NC5=O)cc4)CC3)CC2)ccc1Nc1ncc(Cl)c(Nc2cccc(F)c2)n1. The van der Waals surface area contributed by atoms with Crippen LogP contribution in [0.4, 0.5) is 38.9 Å². The summed E-state index contributed by atoms with van der Waals surface area (Å²) in [4.78, 5) is 52.1. The van der Waals surface area contributed by atoms with Gasteiger partial charge in [-0.1, -0.05) is 29.8 Å². The first kappa shape index (κ1) is 36.9. The molecule has 1 aromatic heterocycles. The molecule has 3 amide bonds. The monoisotopic (exact) mass is 755 g/mol. The van der Waals surface area contributed by atoms with Crippen LogP contribution >= 0.6 is 11.6 Å². The van der Waals surface area contributed by atoms with Crippen LogP contribution in [-0.2, 0) is 14.4 Å². The number of imide groups is 1. The zero-order valence-electron chi connectivity index (χ0n) is 30.0. The molecule has 0 saturated carbocycles. The maximum atomic E-state index is 13.7. The van der Waals surface area contributed by atoms with Crippen LogP contribution in [0.5, 0.6) is 5.75 Å². The Labute approximate surface area is 318 Å². The first-order valence-corrected chi connectivity index (χ1v) is 18.5. The maximum Gasteiger partial charge on any atom is 0.249 e. The van der Waals surface area contributed by atoms with E-state index in [1.54, 1.807) is 19.2 Å². The van der Waals surface area contributed by atoms with E-state index in [2.05, 4.69) is 53.2 Å². The maximum absolute atomic E-state index is 13.7. The number of ether oxygens (including phenoxy) is 1. The Kier molecular flexibility index (Phi) is 11.4. The van der Waals surface area contributed by atoms with E-state index in [0.717, 1.165) is 37.3 Å². The van der Waals surface area contributed by atoms with Crippen molar-refractivity contribution in [2.24, 2.45) is 0 Å². The molecule has 1 unspecified atom stereocenters. The van der Waals surface area contributed by atoms with Gasteiger partial charge in [-0.15, -0.1) is 0 Å². The fourth-order valence-corrected chi connectivity index (χ4v) is 7.27. The van der Waals surface area contributed by atoms with Crippen LogP contribution in [0.15, 0.2) is 72.9 Å². The largest absolute Gasteiger partial charge is 0.494 e. The normalized spacial score (nSPS) is 18.2. The average Bonchev–Trinajstić information content (AvgIpc) is 3.18. The van der Waals surface area contributed by atoms with Crippen molar-refractivity contribution < 1.29 is 23.5 Å². The highest BCUT2D eigenvalue weighted by atomic mass is 35.5. The molecule has 54 heavy (non-hydrogen) atoms. The molecule has 13 nitrogen and oxygen atoms in total. The second-order valence-corrected chi connectivity index (χ2v) is 14.1. The van der Waals surface area contributed by atoms with Crippen molar-refractivity contribution in [3.63, 3.8) is 0 Å². The molecule has 1 atom stereocenters. The van der Waals surface area contributed by atoms with Gasteiger partial charge in [0.25, 0.3) is 0 Å². The summed E-state index contributed by atoms with van der Waals surface area (Å²) in [5.74, 6) is 0.922. The van der Waals surface area contributed by atoms with Gasteiger partial charge in [-0.25, -0.2) is 9.37 Å². The Morgan fingerprint density at radius 3 is 2.44 bits per heavy atom. The number of carbonyl (C=O) groups is 3. The average molecular weight is 756 g/mol. The molecule has 3 fully saturated rings. The van der Waals surface area contributed by atoms with Crippen molar-refractivity contribution in [1.29, 1.82) is 0 Å². The Hall–Kier alpha value is -5.47. The lowest BCUT2D eigenvalue weighted by molar-refractivity contribution is -0.134. The summed E-state index contributed by atoms with van der Waals surface area (Å²) < 4.78 is 19.4. The van der Waals surface area contributed by atoms with Gasteiger partial charge in [0, 0.05) is 55.7 Å². The van der Waals surface area contributed by atoms with Crippen LogP contribution in [0.1, 0.15) is 37.2 Å². The van der Waals surface area contributed by atoms with Crippen LogP contribution in [0, 0.1) is 5.82 Å². The number of amides is 3. The fourth-order valence-electron chi connectivity index (χ4n) is 7.13. The van der Waals surface area contributed by atoms with Crippen LogP contribution < -0.4 is 30.9 Å². The molecule has 4 heterocycles. The zero-order valence-corrected chi connectivity index (χ0v) is 30.7. The summed E-state index contributed by atoms with van der Waals surface area (Å²) in [6.45, 7) is 4.81.